The van der Waals surface area contributed by atoms with Crippen LogP contribution in [0.1, 0.15) is 0 Å². The van der Waals surface area contributed by atoms with E-state index >= 15 is 0 Å². The molecule has 0 aliphatic carbocycles. The fourth-order valence-corrected chi connectivity index (χ4v) is 7.56. The zero-order chi connectivity index (χ0) is 22.0. The summed E-state index contributed by atoms with van der Waals surface area (Å²) in [4.78, 5) is 2.70. The maximum Gasteiger partial charge on any atom is 0.250 e. The molecule has 2 nitrogen and oxygen atoms in total. The van der Waals surface area contributed by atoms with E-state index in [-0.39, 0.29) is 6.71 Å². The lowest BCUT2D eigenvalue weighted by Crippen LogP contribution is -2.58. The minimum atomic E-state index is 0.174. The predicted molar refractivity (Wildman–Crippen MR) is 143 cm³/mol. The molecule has 0 N–H and O–H groups in total. The highest BCUT2D eigenvalue weighted by Gasteiger charge is 2.41. The standard InChI is InChI=1S/C30H16BNOS/c1-4-11-21-17(8-1)19-16-24-27(18-9-2-5-13-23(18)33-24)29-30(19)32(21)22-12-7-15-26-28(22)31(29)20-10-3-6-14-25(20)34-26/h1-16H. The molecule has 4 heteroatoms. The third kappa shape index (κ3) is 1.94. The fraction of sp³-hybridized carbons (Fsp3) is 0. The molecule has 0 atom stereocenters. The number of fused-ring (bicyclic) bond motifs is 11. The number of rotatable bonds is 0. The van der Waals surface area contributed by atoms with Crippen LogP contribution >= 0.6 is 11.8 Å². The molecule has 0 bridgehead atoms. The predicted octanol–water partition coefficient (Wildman–Crippen LogP) is 5.98. The molecule has 34 heavy (non-hydrogen) atoms. The molecule has 0 amide bonds. The van der Waals surface area contributed by atoms with E-state index in [1.807, 2.05) is 11.8 Å². The smallest absolute Gasteiger partial charge is 0.250 e. The Morgan fingerprint density at radius 3 is 2.41 bits per heavy atom. The van der Waals surface area contributed by atoms with E-state index < -0.39 is 0 Å². The van der Waals surface area contributed by atoms with E-state index in [1.54, 1.807) is 0 Å². The van der Waals surface area contributed by atoms with E-state index in [2.05, 4.69) is 102 Å². The van der Waals surface area contributed by atoms with Crippen molar-refractivity contribution in [3.05, 3.63) is 97.1 Å². The summed E-state index contributed by atoms with van der Waals surface area (Å²) in [5.41, 5.74) is 9.99. The Kier molecular flexibility index (Phi) is 3.08. The molecular formula is C30H16BNOS. The minimum Gasteiger partial charge on any atom is -0.456 e. The Labute approximate surface area is 199 Å². The van der Waals surface area contributed by atoms with Gasteiger partial charge in [-0.25, -0.2) is 0 Å². The Bertz CT molecular complexity index is 2010. The maximum absolute atomic E-state index is 6.49. The van der Waals surface area contributed by atoms with Crippen molar-refractivity contribution in [2.45, 2.75) is 9.79 Å². The Balaban J connectivity index is 1.63. The summed E-state index contributed by atoms with van der Waals surface area (Å²) in [5, 5.41) is 4.99. The Morgan fingerprint density at radius 2 is 1.44 bits per heavy atom. The van der Waals surface area contributed by atoms with E-state index in [4.69, 9.17) is 4.42 Å². The van der Waals surface area contributed by atoms with Gasteiger partial charge in [-0.2, -0.15) is 0 Å². The van der Waals surface area contributed by atoms with E-state index in [1.165, 1.54) is 64.4 Å². The molecule has 4 heterocycles. The number of hydrogen-bond acceptors (Lipinski definition) is 2. The van der Waals surface area contributed by atoms with Crippen molar-refractivity contribution < 1.29 is 4.42 Å². The summed E-state index contributed by atoms with van der Waals surface area (Å²) in [5.74, 6) is 0. The van der Waals surface area contributed by atoms with Gasteiger partial charge in [0, 0.05) is 37.0 Å². The molecule has 2 aromatic heterocycles. The van der Waals surface area contributed by atoms with Crippen LogP contribution < -0.4 is 16.4 Å². The van der Waals surface area contributed by atoms with Crippen LogP contribution in [-0.4, -0.2) is 11.3 Å². The molecule has 0 unspecified atom stereocenters. The summed E-state index contributed by atoms with van der Waals surface area (Å²) in [7, 11) is 0. The molecule has 9 rings (SSSR count). The second-order valence-electron chi connectivity index (χ2n) is 9.27. The number of para-hydroxylation sites is 2. The van der Waals surface area contributed by atoms with Crippen LogP contribution in [0.25, 0.3) is 49.4 Å². The van der Waals surface area contributed by atoms with Gasteiger partial charge in [0.2, 0.25) is 0 Å². The summed E-state index contributed by atoms with van der Waals surface area (Å²) in [6.45, 7) is 0.174. The molecule has 2 aliphatic rings. The second-order valence-corrected chi connectivity index (χ2v) is 10.4. The molecule has 0 fully saturated rings. The van der Waals surface area contributed by atoms with Crippen molar-refractivity contribution in [2.75, 3.05) is 0 Å². The topological polar surface area (TPSA) is 18.1 Å². The van der Waals surface area contributed by atoms with Crippen LogP contribution in [0.3, 0.4) is 0 Å². The molecule has 0 saturated carbocycles. The van der Waals surface area contributed by atoms with E-state index in [0.717, 1.165) is 11.2 Å². The molecule has 0 saturated heterocycles. The number of nitrogens with zero attached hydrogens (tertiary/aromatic N) is 1. The van der Waals surface area contributed by atoms with Gasteiger partial charge in [0.05, 0.1) is 11.0 Å². The highest BCUT2D eigenvalue weighted by atomic mass is 32.2. The first-order valence-electron chi connectivity index (χ1n) is 11.7. The Morgan fingerprint density at radius 1 is 0.647 bits per heavy atom. The first-order valence-corrected chi connectivity index (χ1v) is 12.5. The summed E-state index contributed by atoms with van der Waals surface area (Å²) in [6.07, 6.45) is 0. The van der Waals surface area contributed by atoms with Gasteiger partial charge in [-0.05, 0) is 47.3 Å². The fourth-order valence-electron chi connectivity index (χ4n) is 6.39. The quantitative estimate of drug-likeness (QED) is 0.265. The molecule has 0 spiro atoms. The summed E-state index contributed by atoms with van der Waals surface area (Å²) >= 11 is 1.90. The average Bonchev–Trinajstić information content (AvgIpc) is 3.42. The van der Waals surface area contributed by atoms with Gasteiger partial charge in [-0.1, -0.05) is 77.9 Å². The van der Waals surface area contributed by atoms with Crippen LogP contribution in [-0.2, 0) is 0 Å². The molecule has 156 valence electrons. The van der Waals surface area contributed by atoms with E-state index in [0.29, 0.717) is 0 Å². The maximum atomic E-state index is 6.49. The first kappa shape index (κ1) is 17.6. The van der Waals surface area contributed by atoms with Crippen LogP contribution in [0.5, 0.6) is 0 Å². The molecule has 7 aromatic rings. The van der Waals surface area contributed by atoms with Crippen molar-refractivity contribution in [1.29, 1.82) is 0 Å². The highest BCUT2D eigenvalue weighted by Crippen LogP contribution is 2.41. The zero-order valence-corrected chi connectivity index (χ0v) is 18.9. The molecule has 0 radical (unpaired) electrons. The largest absolute Gasteiger partial charge is 0.456 e. The number of benzene rings is 5. The average molecular weight is 449 g/mol. The van der Waals surface area contributed by atoms with Crippen LogP contribution in [0.4, 0.5) is 0 Å². The summed E-state index contributed by atoms with van der Waals surface area (Å²) in [6, 6.07) is 35.3. The minimum absolute atomic E-state index is 0.174. The lowest BCUT2D eigenvalue weighted by Gasteiger charge is -2.33. The summed E-state index contributed by atoms with van der Waals surface area (Å²) < 4.78 is 8.99. The number of hydrogen-bond donors (Lipinski definition) is 0. The van der Waals surface area contributed by atoms with Crippen molar-refractivity contribution in [3.8, 4) is 5.69 Å². The third-order valence-corrected chi connectivity index (χ3v) is 8.82. The van der Waals surface area contributed by atoms with Crippen LogP contribution in [0.15, 0.2) is 111 Å². The lowest BCUT2D eigenvalue weighted by molar-refractivity contribution is 0.669. The van der Waals surface area contributed by atoms with Gasteiger partial charge in [-0.3, -0.25) is 0 Å². The normalized spacial score (nSPS) is 13.7. The lowest BCUT2D eigenvalue weighted by atomic mass is 9.34. The molecule has 5 aromatic carbocycles. The van der Waals surface area contributed by atoms with Gasteiger partial charge in [0.1, 0.15) is 11.2 Å². The third-order valence-electron chi connectivity index (χ3n) is 7.65. The Hall–Kier alpha value is -3.89. The van der Waals surface area contributed by atoms with Crippen molar-refractivity contribution in [2.24, 2.45) is 0 Å². The van der Waals surface area contributed by atoms with Crippen molar-refractivity contribution in [3.63, 3.8) is 0 Å². The zero-order valence-electron chi connectivity index (χ0n) is 18.1. The number of aromatic nitrogens is 1. The number of furan rings is 1. The SMILES string of the molecule is c1ccc2c(c1)Sc1cccc3c1B2c1c2c(cc4c5ccccc5n-3c14)oc1ccccc12. The van der Waals surface area contributed by atoms with E-state index in [9.17, 15) is 0 Å². The van der Waals surface area contributed by atoms with Gasteiger partial charge >= 0.3 is 0 Å². The van der Waals surface area contributed by atoms with Crippen molar-refractivity contribution >= 4 is 78.6 Å². The molecule has 2 aliphatic heterocycles. The first-order chi connectivity index (χ1) is 16.9. The molecular weight excluding hydrogens is 433 g/mol. The highest BCUT2D eigenvalue weighted by molar-refractivity contribution is 8.00. The monoisotopic (exact) mass is 449 g/mol. The van der Waals surface area contributed by atoms with Crippen molar-refractivity contribution in [1.82, 2.24) is 4.57 Å². The van der Waals surface area contributed by atoms with Gasteiger partial charge in [0.15, 0.2) is 0 Å². The van der Waals surface area contributed by atoms with Gasteiger partial charge < -0.3 is 8.98 Å². The van der Waals surface area contributed by atoms with Crippen LogP contribution in [0, 0.1) is 0 Å². The second kappa shape index (κ2) is 5.96. The van der Waals surface area contributed by atoms with Crippen LogP contribution in [0.2, 0.25) is 0 Å². The van der Waals surface area contributed by atoms with Gasteiger partial charge in [-0.15, -0.1) is 0 Å². The van der Waals surface area contributed by atoms with Gasteiger partial charge in [0.25, 0.3) is 6.71 Å².